The molecule has 21 heavy (non-hydrogen) atoms. The van der Waals surface area contributed by atoms with Crippen molar-refractivity contribution in [2.75, 3.05) is 13.6 Å². The predicted octanol–water partition coefficient (Wildman–Crippen LogP) is 2.48. The number of furan rings is 1. The van der Waals surface area contributed by atoms with Gasteiger partial charge in [-0.2, -0.15) is 17.5 Å². The maximum absolute atomic E-state index is 12.6. The average molecular weight is 391 g/mol. The zero-order valence-corrected chi connectivity index (χ0v) is 13.5. The highest BCUT2D eigenvalue weighted by molar-refractivity contribution is 9.10. The number of alkyl halides is 3. The molecule has 1 aliphatic carbocycles. The van der Waals surface area contributed by atoms with Gasteiger partial charge < -0.3 is 9.73 Å². The van der Waals surface area contributed by atoms with Crippen molar-refractivity contribution in [2.45, 2.75) is 36.5 Å². The minimum atomic E-state index is -4.58. The maximum atomic E-state index is 12.6. The monoisotopic (exact) mass is 390 g/mol. The van der Waals surface area contributed by atoms with E-state index >= 15 is 0 Å². The summed E-state index contributed by atoms with van der Waals surface area (Å²) in [6.07, 6.45) is -3.71. The molecule has 5 nitrogen and oxygen atoms in total. The van der Waals surface area contributed by atoms with Gasteiger partial charge in [-0.1, -0.05) is 0 Å². The van der Waals surface area contributed by atoms with Crippen LogP contribution in [0.3, 0.4) is 0 Å². The van der Waals surface area contributed by atoms with Crippen LogP contribution in [0.2, 0.25) is 0 Å². The Balaban J connectivity index is 2.34. The molecule has 1 aliphatic rings. The van der Waals surface area contributed by atoms with Crippen molar-refractivity contribution in [1.82, 2.24) is 9.62 Å². The summed E-state index contributed by atoms with van der Waals surface area (Å²) in [5.74, 6) is 0.325. The van der Waals surface area contributed by atoms with Crippen molar-refractivity contribution >= 4 is 26.0 Å². The first kappa shape index (κ1) is 16.8. The third-order valence-corrected chi connectivity index (χ3v) is 5.69. The second kappa shape index (κ2) is 5.90. The van der Waals surface area contributed by atoms with Crippen LogP contribution >= 0.6 is 15.9 Å². The Hall–Kier alpha value is -0.580. The Morgan fingerprint density at radius 1 is 1.48 bits per heavy atom. The van der Waals surface area contributed by atoms with Gasteiger partial charge in [0.1, 0.15) is 17.2 Å². The first-order valence-corrected chi connectivity index (χ1v) is 8.40. The molecule has 0 unspecified atom stereocenters. The first-order valence-electron chi connectivity index (χ1n) is 6.16. The molecule has 1 saturated carbocycles. The molecule has 1 aromatic rings. The highest BCUT2D eigenvalue weighted by Crippen LogP contribution is 2.37. The lowest BCUT2D eigenvalue weighted by molar-refractivity contribution is -0.137. The van der Waals surface area contributed by atoms with Crippen molar-refractivity contribution in [1.29, 1.82) is 0 Å². The summed E-state index contributed by atoms with van der Waals surface area (Å²) in [6, 6.07) is 0.646. The van der Waals surface area contributed by atoms with E-state index in [0.717, 1.165) is 0 Å². The Bertz CT molecular complexity index is 611. The highest BCUT2D eigenvalue weighted by Gasteiger charge is 2.45. The van der Waals surface area contributed by atoms with E-state index < -0.39 is 28.8 Å². The second-order valence-electron chi connectivity index (χ2n) is 4.78. The fourth-order valence-electron chi connectivity index (χ4n) is 1.91. The van der Waals surface area contributed by atoms with Gasteiger partial charge in [0.15, 0.2) is 4.67 Å². The molecular formula is C11H14BrF3N2O3S. The van der Waals surface area contributed by atoms with Gasteiger partial charge in [0.05, 0.1) is 6.54 Å². The third kappa shape index (κ3) is 3.99. The van der Waals surface area contributed by atoms with Gasteiger partial charge >= 0.3 is 6.18 Å². The van der Waals surface area contributed by atoms with Crippen LogP contribution in [0.4, 0.5) is 13.2 Å². The number of halogens is 4. The Morgan fingerprint density at radius 3 is 2.57 bits per heavy atom. The molecule has 0 atom stereocenters. The van der Waals surface area contributed by atoms with Gasteiger partial charge in [-0.05, 0) is 35.8 Å². The lowest BCUT2D eigenvalue weighted by atomic mass is 10.4. The van der Waals surface area contributed by atoms with E-state index in [1.54, 1.807) is 7.05 Å². The molecule has 0 saturated heterocycles. The normalized spacial score (nSPS) is 16.7. The molecule has 1 aromatic heterocycles. The fourth-order valence-corrected chi connectivity index (χ4v) is 4.54. The summed E-state index contributed by atoms with van der Waals surface area (Å²) in [4.78, 5) is -0.274. The highest BCUT2D eigenvalue weighted by atomic mass is 79.9. The van der Waals surface area contributed by atoms with Gasteiger partial charge in [-0.15, -0.1) is 0 Å². The molecule has 10 heteroatoms. The van der Waals surface area contributed by atoms with Crippen LogP contribution in [0.5, 0.6) is 0 Å². The van der Waals surface area contributed by atoms with Crippen molar-refractivity contribution in [2.24, 2.45) is 0 Å². The van der Waals surface area contributed by atoms with Gasteiger partial charge in [0, 0.05) is 12.1 Å². The number of nitrogens with zero attached hydrogens (tertiary/aromatic N) is 1. The molecule has 2 rings (SSSR count). The van der Waals surface area contributed by atoms with E-state index in [2.05, 4.69) is 21.2 Å². The van der Waals surface area contributed by atoms with Crippen molar-refractivity contribution in [3.8, 4) is 0 Å². The van der Waals surface area contributed by atoms with E-state index in [1.807, 2.05) is 0 Å². The number of rotatable bonds is 6. The maximum Gasteiger partial charge on any atom is 0.402 e. The molecule has 1 N–H and O–H groups in total. The molecule has 0 aliphatic heterocycles. The SMILES string of the molecule is CNCc1cc(S(=O)(=O)N(CC(F)(F)F)C2CC2)c(Br)o1. The second-order valence-corrected chi connectivity index (χ2v) is 7.36. The summed E-state index contributed by atoms with van der Waals surface area (Å²) in [5.41, 5.74) is 0. The fraction of sp³-hybridized carbons (Fsp3) is 0.636. The van der Waals surface area contributed by atoms with Gasteiger partial charge in [-0.3, -0.25) is 0 Å². The summed E-state index contributed by atoms with van der Waals surface area (Å²) < 4.78 is 68.3. The molecule has 0 spiro atoms. The minimum absolute atomic E-state index is 0.0828. The van der Waals surface area contributed by atoms with E-state index in [9.17, 15) is 21.6 Å². The molecule has 0 radical (unpaired) electrons. The zero-order valence-electron chi connectivity index (χ0n) is 11.1. The molecule has 0 bridgehead atoms. The van der Waals surface area contributed by atoms with Crippen LogP contribution in [0, 0.1) is 0 Å². The summed E-state index contributed by atoms with van der Waals surface area (Å²) in [6.45, 7) is -1.21. The van der Waals surface area contributed by atoms with Crippen LogP contribution in [0.25, 0.3) is 0 Å². The number of hydrogen-bond donors (Lipinski definition) is 1. The smallest absolute Gasteiger partial charge is 0.402 e. The van der Waals surface area contributed by atoms with Crippen LogP contribution < -0.4 is 5.32 Å². The summed E-state index contributed by atoms with van der Waals surface area (Å²) in [7, 11) is -2.61. The molecule has 1 heterocycles. The average Bonchev–Trinajstić information content (AvgIpc) is 3.10. The molecule has 120 valence electrons. The van der Waals surface area contributed by atoms with E-state index in [0.29, 0.717) is 22.9 Å². The molecular weight excluding hydrogens is 377 g/mol. The zero-order chi connectivity index (χ0) is 15.8. The molecule has 0 amide bonds. The van der Waals surface area contributed by atoms with Gasteiger partial charge in [0.2, 0.25) is 10.0 Å². The third-order valence-electron chi connectivity index (χ3n) is 2.93. The topological polar surface area (TPSA) is 62.6 Å². The largest absolute Gasteiger partial charge is 0.452 e. The molecule has 1 fully saturated rings. The lowest BCUT2D eigenvalue weighted by Gasteiger charge is -2.22. The van der Waals surface area contributed by atoms with Crippen LogP contribution in [-0.4, -0.2) is 38.5 Å². The van der Waals surface area contributed by atoms with Crippen molar-refractivity contribution in [3.05, 3.63) is 16.5 Å². The van der Waals surface area contributed by atoms with Crippen LogP contribution in [-0.2, 0) is 16.6 Å². The number of hydrogen-bond acceptors (Lipinski definition) is 4. The van der Waals surface area contributed by atoms with Gasteiger partial charge in [-0.25, -0.2) is 8.42 Å². The van der Waals surface area contributed by atoms with E-state index in [1.165, 1.54) is 6.07 Å². The van der Waals surface area contributed by atoms with Crippen molar-refractivity contribution in [3.63, 3.8) is 0 Å². The number of nitrogens with one attached hydrogen (secondary N) is 1. The summed E-state index contributed by atoms with van der Waals surface area (Å²) >= 11 is 2.96. The predicted molar refractivity (Wildman–Crippen MR) is 72.1 cm³/mol. The Labute approximate surface area is 128 Å². The van der Waals surface area contributed by atoms with Gasteiger partial charge in [0.25, 0.3) is 0 Å². The standard InChI is InChI=1S/C11H14BrF3N2O3S/c1-16-5-8-4-9(10(12)20-8)21(18,19)17(7-2-3-7)6-11(13,14)15/h4,7,16H,2-3,5-6H2,1H3. The minimum Gasteiger partial charge on any atom is -0.452 e. The quantitative estimate of drug-likeness (QED) is 0.810. The van der Waals surface area contributed by atoms with Crippen LogP contribution in [0.15, 0.2) is 20.0 Å². The Kier molecular flexibility index (Phi) is 4.72. The first-order chi connectivity index (χ1) is 9.65. The summed E-state index contributed by atoms with van der Waals surface area (Å²) in [5, 5.41) is 2.78. The van der Waals surface area contributed by atoms with Crippen molar-refractivity contribution < 1.29 is 26.0 Å². The lowest BCUT2D eigenvalue weighted by Crippen LogP contribution is -2.40. The van der Waals surface area contributed by atoms with E-state index in [4.69, 9.17) is 4.42 Å². The molecule has 0 aromatic carbocycles. The van der Waals surface area contributed by atoms with Crippen LogP contribution in [0.1, 0.15) is 18.6 Å². The number of sulfonamides is 1. The Morgan fingerprint density at radius 2 is 2.10 bits per heavy atom. The van der Waals surface area contributed by atoms with E-state index in [-0.39, 0.29) is 16.1 Å².